The van der Waals surface area contributed by atoms with E-state index in [4.69, 9.17) is 4.74 Å². The van der Waals surface area contributed by atoms with Crippen molar-refractivity contribution in [1.82, 2.24) is 4.90 Å². The summed E-state index contributed by atoms with van der Waals surface area (Å²) in [5, 5.41) is 2.92. The lowest BCUT2D eigenvalue weighted by Gasteiger charge is -2.22. The van der Waals surface area contributed by atoms with E-state index in [-0.39, 0.29) is 12.0 Å². The van der Waals surface area contributed by atoms with E-state index in [0.29, 0.717) is 6.42 Å². The number of carbonyl (C=O) groups excluding carboxylic acids is 1. The van der Waals surface area contributed by atoms with Crippen molar-refractivity contribution in [1.29, 1.82) is 0 Å². The maximum atomic E-state index is 11.8. The summed E-state index contributed by atoms with van der Waals surface area (Å²) >= 11 is 0. The van der Waals surface area contributed by atoms with Crippen molar-refractivity contribution < 1.29 is 9.53 Å². The van der Waals surface area contributed by atoms with Crippen LogP contribution in [0, 0.1) is 0 Å². The van der Waals surface area contributed by atoms with Crippen LogP contribution in [0.2, 0.25) is 0 Å². The highest BCUT2D eigenvalue weighted by Crippen LogP contribution is 2.27. The molecule has 2 rings (SSSR count). The summed E-state index contributed by atoms with van der Waals surface area (Å²) in [5.74, 6) is 0.800. The van der Waals surface area contributed by atoms with Crippen molar-refractivity contribution in [3.63, 3.8) is 0 Å². The molecule has 1 N–H and O–H groups in total. The molecule has 0 aliphatic rings. The van der Waals surface area contributed by atoms with Gasteiger partial charge in [-0.25, -0.2) is 0 Å². The summed E-state index contributed by atoms with van der Waals surface area (Å²) < 4.78 is 6.26. The van der Waals surface area contributed by atoms with E-state index in [2.05, 4.69) is 36.4 Å². The van der Waals surface area contributed by atoms with E-state index in [1.165, 1.54) is 0 Å². The smallest absolute Gasteiger partial charge is 0.224 e. The van der Waals surface area contributed by atoms with E-state index >= 15 is 0 Å². The van der Waals surface area contributed by atoms with Gasteiger partial charge in [-0.15, -0.1) is 0 Å². The van der Waals surface area contributed by atoms with Gasteiger partial charge in [0.05, 0.1) is 0 Å². The number of carbonyl (C=O) groups is 1. The summed E-state index contributed by atoms with van der Waals surface area (Å²) in [6, 6.07) is 17.9. The second kappa shape index (κ2) is 9.84. The van der Waals surface area contributed by atoms with Crippen LogP contribution in [0.15, 0.2) is 54.6 Å². The minimum Gasteiger partial charge on any atom is -0.486 e. The Balaban J connectivity index is 2.11. The molecule has 1 amide bonds. The number of ether oxygens (including phenoxy) is 1. The molecule has 0 fully saturated rings. The molecule has 4 nitrogen and oxygen atoms in total. The highest BCUT2D eigenvalue weighted by atomic mass is 16.5. The molecule has 1 atom stereocenters. The summed E-state index contributed by atoms with van der Waals surface area (Å²) in [6.07, 6.45) is 2.23. The minimum absolute atomic E-state index is 0.0230. The van der Waals surface area contributed by atoms with Crippen LogP contribution in [-0.2, 0) is 4.79 Å². The third-order valence-electron chi connectivity index (χ3n) is 3.88. The second-order valence-corrected chi connectivity index (χ2v) is 6.44. The Morgan fingerprint density at radius 3 is 2.56 bits per heavy atom. The van der Waals surface area contributed by atoms with Crippen molar-refractivity contribution in [3.8, 4) is 5.75 Å². The normalized spacial score (nSPS) is 12.0. The molecule has 0 spiro atoms. The van der Waals surface area contributed by atoms with Crippen LogP contribution >= 0.6 is 0 Å². The fourth-order valence-corrected chi connectivity index (χ4v) is 2.60. The fourth-order valence-electron chi connectivity index (χ4n) is 2.60. The van der Waals surface area contributed by atoms with Crippen LogP contribution in [0.25, 0.3) is 0 Å². The third-order valence-corrected chi connectivity index (χ3v) is 3.88. The Hall–Kier alpha value is -2.33. The number of hydrogen-bond donors (Lipinski definition) is 1. The Bertz CT molecular complexity index is 656. The standard InChI is InChI=1S/C21H28N2O2/c1-4-9-21(24)22-18-12-8-13-19(16-18)25-20(14-15-23(2)3)17-10-6-5-7-11-17/h5-8,10-13,16,20H,4,9,14-15H2,1-3H3,(H,22,24). The van der Waals surface area contributed by atoms with Crippen molar-refractivity contribution >= 4 is 11.6 Å². The number of nitrogens with one attached hydrogen (secondary N) is 1. The summed E-state index contributed by atoms with van der Waals surface area (Å²) in [7, 11) is 4.12. The van der Waals surface area contributed by atoms with Crippen LogP contribution in [-0.4, -0.2) is 31.4 Å². The molecular formula is C21H28N2O2. The number of amides is 1. The van der Waals surface area contributed by atoms with Crippen molar-refractivity contribution in [2.75, 3.05) is 26.0 Å². The maximum Gasteiger partial charge on any atom is 0.224 e. The van der Waals surface area contributed by atoms with Gasteiger partial charge >= 0.3 is 0 Å². The quantitative estimate of drug-likeness (QED) is 0.731. The van der Waals surface area contributed by atoms with Gasteiger partial charge in [0.1, 0.15) is 11.9 Å². The molecule has 1 unspecified atom stereocenters. The number of rotatable bonds is 9. The Morgan fingerprint density at radius 2 is 1.88 bits per heavy atom. The highest BCUT2D eigenvalue weighted by molar-refractivity contribution is 5.90. The second-order valence-electron chi connectivity index (χ2n) is 6.44. The molecule has 134 valence electrons. The summed E-state index contributed by atoms with van der Waals surface area (Å²) in [4.78, 5) is 13.9. The molecule has 2 aromatic carbocycles. The van der Waals surface area contributed by atoms with Crippen LogP contribution in [0.1, 0.15) is 37.9 Å². The predicted octanol–water partition coefficient (Wildman–Crippen LogP) is 4.50. The molecule has 4 heteroatoms. The number of benzene rings is 2. The number of nitrogens with zero attached hydrogens (tertiary/aromatic N) is 1. The van der Waals surface area contributed by atoms with E-state index < -0.39 is 0 Å². The molecule has 0 aliphatic carbocycles. The zero-order chi connectivity index (χ0) is 18.1. The van der Waals surface area contributed by atoms with Crippen molar-refractivity contribution in [2.24, 2.45) is 0 Å². The molecule has 25 heavy (non-hydrogen) atoms. The number of anilines is 1. The first-order valence-electron chi connectivity index (χ1n) is 8.84. The van der Waals surface area contributed by atoms with E-state index in [1.54, 1.807) is 0 Å². The first kappa shape index (κ1) is 19.0. The average Bonchev–Trinajstić information content (AvgIpc) is 2.59. The lowest BCUT2D eigenvalue weighted by molar-refractivity contribution is -0.116. The van der Waals surface area contributed by atoms with Crippen LogP contribution < -0.4 is 10.1 Å². The van der Waals surface area contributed by atoms with Crippen LogP contribution in [0.5, 0.6) is 5.75 Å². The summed E-state index contributed by atoms with van der Waals surface area (Å²) in [5.41, 5.74) is 1.93. The maximum absolute atomic E-state index is 11.8. The minimum atomic E-state index is -0.0230. The molecular weight excluding hydrogens is 312 g/mol. The molecule has 0 radical (unpaired) electrons. The van der Waals surface area contributed by atoms with Gasteiger partial charge in [0.25, 0.3) is 0 Å². The lowest BCUT2D eigenvalue weighted by Crippen LogP contribution is -2.19. The Labute approximate surface area is 150 Å². The molecule has 0 saturated heterocycles. The number of hydrogen-bond acceptors (Lipinski definition) is 3. The van der Waals surface area contributed by atoms with Gasteiger partial charge in [0.15, 0.2) is 0 Å². The van der Waals surface area contributed by atoms with Gasteiger partial charge in [-0.1, -0.05) is 43.3 Å². The topological polar surface area (TPSA) is 41.6 Å². The van der Waals surface area contributed by atoms with Gasteiger partial charge in [-0.2, -0.15) is 0 Å². The third kappa shape index (κ3) is 6.59. The monoisotopic (exact) mass is 340 g/mol. The molecule has 0 bridgehead atoms. The molecule has 0 aromatic heterocycles. The van der Waals surface area contributed by atoms with Gasteiger partial charge in [-0.05, 0) is 38.2 Å². The predicted molar refractivity (Wildman–Crippen MR) is 103 cm³/mol. The SMILES string of the molecule is CCCC(=O)Nc1cccc(OC(CCN(C)C)c2ccccc2)c1. The molecule has 0 heterocycles. The first-order chi connectivity index (χ1) is 12.1. The zero-order valence-corrected chi connectivity index (χ0v) is 15.4. The lowest BCUT2D eigenvalue weighted by atomic mass is 10.1. The van der Waals surface area contributed by atoms with E-state index in [0.717, 1.165) is 36.4 Å². The van der Waals surface area contributed by atoms with Crippen molar-refractivity contribution in [3.05, 3.63) is 60.2 Å². The average molecular weight is 340 g/mol. The Morgan fingerprint density at radius 1 is 1.12 bits per heavy atom. The van der Waals surface area contributed by atoms with Gasteiger partial charge in [-0.3, -0.25) is 4.79 Å². The van der Waals surface area contributed by atoms with Gasteiger partial charge in [0, 0.05) is 31.1 Å². The van der Waals surface area contributed by atoms with Gasteiger partial charge in [0.2, 0.25) is 5.91 Å². The zero-order valence-electron chi connectivity index (χ0n) is 15.4. The molecule has 0 saturated carbocycles. The van der Waals surface area contributed by atoms with E-state index in [9.17, 15) is 4.79 Å². The highest BCUT2D eigenvalue weighted by Gasteiger charge is 2.14. The molecule has 2 aromatic rings. The largest absolute Gasteiger partial charge is 0.486 e. The first-order valence-corrected chi connectivity index (χ1v) is 8.84. The van der Waals surface area contributed by atoms with E-state index in [1.807, 2.05) is 49.4 Å². The Kier molecular flexibility index (Phi) is 7.48. The van der Waals surface area contributed by atoms with Crippen LogP contribution in [0.4, 0.5) is 5.69 Å². The van der Waals surface area contributed by atoms with Crippen LogP contribution in [0.3, 0.4) is 0 Å². The molecule has 0 aliphatic heterocycles. The van der Waals surface area contributed by atoms with Crippen molar-refractivity contribution in [2.45, 2.75) is 32.3 Å². The fraction of sp³-hybridized carbons (Fsp3) is 0.381. The summed E-state index contributed by atoms with van der Waals surface area (Å²) in [6.45, 7) is 2.93. The van der Waals surface area contributed by atoms with Gasteiger partial charge < -0.3 is 15.0 Å².